The lowest BCUT2D eigenvalue weighted by atomic mass is 10.3. The molecule has 0 aromatic rings. The van der Waals surface area contributed by atoms with E-state index in [1.165, 1.54) is 6.20 Å². The fraction of sp³-hybridized carbons (Fsp3) is 0.500. The first-order valence-electron chi connectivity index (χ1n) is 3.54. The Balaban J connectivity index is 4.89. The Morgan fingerprint density at radius 1 is 1.42 bits per heavy atom. The molecule has 0 radical (unpaired) electrons. The van der Waals surface area contributed by atoms with Gasteiger partial charge < -0.3 is 5.32 Å². The average molecular weight is 189 g/mol. The maximum absolute atomic E-state index is 11.5. The van der Waals surface area contributed by atoms with E-state index in [4.69, 9.17) is 0 Å². The zero-order valence-corrected chi connectivity index (χ0v) is 8.53. The molecule has 0 aliphatic carbocycles. The van der Waals surface area contributed by atoms with E-state index in [0.717, 1.165) is 0 Å². The van der Waals surface area contributed by atoms with Crippen LogP contribution in [0.15, 0.2) is 24.4 Å². The minimum absolute atomic E-state index is 0.00926. The maximum atomic E-state index is 11.5. The van der Waals surface area contributed by atoms with E-state index in [2.05, 4.69) is 18.5 Å². The molecule has 0 aromatic heterocycles. The second kappa shape index (κ2) is 3.31. The fourth-order valence-electron chi connectivity index (χ4n) is 0.561. The molecular formula is C8H15NO2S. The topological polar surface area (TPSA) is 46.2 Å². The van der Waals surface area contributed by atoms with Gasteiger partial charge in [-0.25, -0.2) is 8.42 Å². The third-order valence-corrected chi connectivity index (χ3v) is 3.77. The molecule has 0 spiro atoms. The van der Waals surface area contributed by atoms with E-state index in [-0.39, 0.29) is 5.03 Å². The summed E-state index contributed by atoms with van der Waals surface area (Å²) in [6.45, 7) is 11.6. The lowest BCUT2D eigenvalue weighted by Gasteiger charge is -2.20. The molecule has 0 heterocycles. The van der Waals surface area contributed by atoms with Gasteiger partial charge in [-0.15, -0.1) is 0 Å². The highest BCUT2D eigenvalue weighted by molar-refractivity contribution is 7.96. The molecule has 0 aromatic carbocycles. The van der Waals surface area contributed by atoms with E-state index in [9.17, 15) is 8.42 Å². The molecule has 0 bridgehead atoms. The van der Waals surface area contributed by atoms with Gasteiger partial charge in [0.1, 0.15) is 5.03 Å². The fourth-order valence-corrected chi connectivity index (χ4v) is 1.54. The van der Waals surface area contributed by atoms with Crippen molar-refractivity contribution in [1.29, 1.82) is 0 Å². The van der Waals surface area contributed by atoms with Crippen molar-refractivity contribution < 1.29 is 8.42 Å². The van der Waals surface area contributed by atoms with Crippen molar-refractivity contribution in [3.63, 3.8) is 0 Å². The molecule has 0 rings (SSSR count). The van der Waals surface area contributed by atoms with Gasteiger partial charge in [0.2, 0.25) is 0 Å². The number of hydrogen-bond acceptors (Lipinski definition) is 3. The van der Waals surface area contributed by atoms with Crippen LogP contribution in [0.3, 0.4) is 0 Å². The van der Waals surface area contributed by atoms with Gasteiger partial charge in [-0.2, -0.15) is 0 Å². The minimum atomic E-state index is -3.32. The summed E-state index contributed by atoms with van der Waals surface area (Å²) < 4.78 is 22.2. The van der Waals surface area contributed by atoms with Crippen LogP contribution in [0.2, 0.25) is 0 Å². The predicted molar refractivity (Wildman–Crippen MR) is 51.1 cm³/mol. The third-order valence-electron chi connectivity index (χ3n) is 1.39. The Morgan fingerprint density at radius 2 is 1.83 bits per heavy atom. The average Bonchev–Trinajstić information content (AvgIpc) is 1.85. The SMILES string of the molecule is C=CNC(=C)S(=O)(=O)C(C)(C)C. The highest BCUT2D eigenvalue weighted by Gasteiger charge is 2.31. The Labute approximate surface area is 74.1 Å². The summed E-state index contributed by atoms with van der Waals surface area (Å²) in [4.78, 5) is 0. The molecule has 0 aliphatic rings. The third kappa shape index (κ3) is 2.11. The lowest BCUT2D eigenvalue weighted by molar-refractivity contribution is 0.565. The molecule has 70 valence electrons. The molecule has 0 aliphatic heterocycles. The summed E-state index contributed by atoms with van der Waals surface area (Å²) in [6.07, 6.45) is 1.30. The van der Waals surface area contributed by atoms with Gasteiger partial charge >= 0.3 is 0 Å². The van der Waals surface area contributed by atoms with Crippen LogP contribution in [0, 0.1) is 0 Å². The molecule has 1 N–H and O–H groups in total. The summed E-state index contributed by atoms with van der Waals surface area (Å²) in [7, 11) is -3.32. The van der Waals surface area contributed by atoms with E-state index in [1.807, 2.05) is 0 Å². The van der Waals surface area contributed by atoms with Crippen molar-refractivity contribution in [2.75, 3.05) is 0 Å². The van der Waals surface area contributed by atoms with Gasteiger partial charge in [0.05, 0.1) is 4.75 Å². The zero-order valence-electron chi connectivity index (χ0n) is 7.72. The molecule has 0 saturated heterocycles. The van der Waals surface area contributed by atoms with Crippen LogP contribution in [-0.2, 0) is 9.84 Å². The van der Waals surface area contributed by atoms with Crippen molar-refractivity contribution in [3.05, 3.63) is 24.4 Å². The van der Waals surface area contributed by atoms with Crippen LogP contribution in [-0.4, -0.2) is 13.2 Å². The molecule has 0 fully saturated rings. The molecule has 0 saturated carbocycles. The lowest BCUT2D eigenvalue weighted by Crippen LogP contribution is -2.32. The van der Waals surface area contributed by atoms with Crippen LogP contribution in [0.4, 0.5) is 0 Å². The van der Waals surface area contributed by atoms with Gasteiger partial charge in [0, 0.05) is 0 Å². The summed E-state index contributed by atoms with van der Waals surface area (Å²) in [5.74, 6) is 0. The summed E-state index contributed by atoms with van der Waals surface area (Å²) >= 11 is 0. The Hall–Kier alpha value is -0.770. The number of nitrogens with one attached hydrogen (secondary N) is 1. The molecule has 12 heavy (non-hydrogen) atoms. The molecule has 0 atom stereocenters. The second-order valence-electron chi connectivity index (χ2n) is 3.39. The van der Waals surface area contributed by atoms with Gasteiger partial charge in [-0.05, 0) is 27.0 Å². The molecule has 4 heteroatoms. The molecule has 3 nitrogen and oxygen atoms in total. The van der Waals surface area contributed by atoms with Gasteiger partial charge in [0.25, 0.3) is 0 Å². The normalized spacial score (nSPS) is 12.2. The molecular weight excluding hydrogens is 174 g/mol. The summed E-state index contributed by atoms with van der Waals surface area (Å²) in [5.41, 5.74) is 0. The van der Waals surface area contributed by atoms with E-state index >= 15 is 0 Å². The van der Waals surface area contributed by atoms with Crippen molar-refractivity contribution in [3.8, 4) is 0 Å². The highest BCUT2D eigenvalue weighted by atomic mass is 32.2. The Bertz CT molecular complexity index is 283. The summed E-state index contributed by atoms with van der Waals surface area (Å²) in [6, 6.07) is 0. The molecule has 0 unspecified atom stereocenters. The number of rotatable bonds is 3. The smallest absolute Gasteiger partial charge is 0.197 e. The number of sulfone groups is 1. The first-order valence-corrected chi connectivity index (χ1v) is 5.03. The van der Waals surface area contributed by atoms with Crippen LogP contribution >= 0.6 is 0 Å². The predicted octanol–water partition coefficient (Wildman–Crippen LogP) is 1.40. The van der Waals surface area contributed by atoms with Crippen LogP contribution in [0.5, 0.6) is 0 Å². The van der Waals surface area contributed by atoms with E-state index in [1.54, 1.807) is 20.8 Å². The van der Waals surface area contributed by atoms with E-state index in [0.29, 0.717) is 0 Å². The highest BCUT2D eigenvalue weighted by Crippen LogP contribution is 2.20. The van der Waals surface area contributed by atoms with Gasteiger partial charge in [-0.1, -0.05) is 13.2 Å². The van der Waals surface area contributed by atoms with E-state index < -0.39 is 14.6 Å². The quantitative estimate of drug-likeness (QED) is 0.730. The largest absolute Gasteiger partial charge is 0.354 e. The van der Waals surface area contributed by atoms with Crippen LogP contribution < -0.4 is 5.32 Å². The van der Waals surface area contributed by atoms with Crippen molar-refractivity contribution in [2.24, 2.45) is 0 Å². The second-order valence-corrected chi connectivity index (χ2v) is 6.11. The Morgan fingerprint density at radius 3 is 2.08 bits per heavy atom. The van der Waals surface area contributed by atoms with Gasteiger partial charge in [-0.3, -0.25) is 0 Å². The van der Waals surface area contributed by atoms with Crippen LogP contribution in [0.1, 0.15) is 20.8 Å². The minimum Gasteiger partial charge on any atom is -0.354 e. The first-order chi connectivity index (χ1) is 5.23. The standard InChI is InChI=1S/C8H15NO2S/c1-6-9-7(2)12(10,11)8(3,4)5/h6,9H,1-2H2,3-5H3. The number of hydrogen-bond donors (Lipinski definition) is 1. The zero-order chi connectivity index (χ0) is 9.99. The maximum Gasteiger partial charge on any atom is 0.197 e. The molecule has 0 amide bonds. The van der Waals surface area contributed by atoms with Gasteiger partial charge in [0.15, 0.2) is 9.84 Å². The first kappa shape index (κ1) is 11.2. The summed E-state index contributed by atoms with van der Waals surface area (Å²) in [5, 5.41) is 2.46. The van der Waals surface area contributed by atoms with Crippen molar-refractivity contribution in [2.45, 2.75) is 25.5 Å². The monoisotopic (exact) mass is 189 g/mol. The van der Waals surface area contributed by atoms with Crippen molar-refractivity contribution in [1.82, 2.24) is 5.32 Å². The Kier molecular flexibility index (Phi) is 3.10. The van der Waals surface area contributed by atoms with Crippen LogP contribution in [0.25, 0.3) is 0 Å². The van der Waals surface area contributed by atoms with Crippen molar-refractivity contribution >= 4 is 9.84 Å².